The molecule has 1 amide bonds. The number of rotatable bonds is 4. The van der Waals surface area contributed by atoms with Crippen LogP contribution < -0.4 is 5.32 Å². The van der Waals surface area contributed by atoms with E-state index in [4.69, 9.17) is 0 Å². The monoisotopic (exact) mass is 358 g/mol. The van der Waals surface area contributed by atoms with Crippen LogP contribution in [-0.4, -0.2) is 16.3 Å². The van der Waals surface area contributed by atoms with Crippen LogP contribution in [0, 0.1) is 13.8 Å². The topological polar surface area (TPSA) is 51.1 Å². The molecular weight excluding hydrogens is 336 g/mol. The van der Waals surface area contributed by atoms with E-state index in [-0.39, 0.29) is 17.6 Å². The number of nitrogens with one attached hydrogen (secondary N) is 1. The van der Waals surface area contributed by atoms with Crippen LogP contribution in [0.4, 0.5) is 5.69 Å². The van der Waals surface area contributed by atoms with E-state index >= 15 is 0 Å². The number of benzene rings is 2. The Kier molecular flexibility index (Phi) is 4.40. The highest BCUT2D eigenvalue weighted by Crippen LogP contribution is 2.32. The minimum Gasteiger partial charge on any atom is -0.341 e. The van der Waals surface area contributed by atoms with Gasteiger partial charge in [0.2, 0.25) is 11.7 Å². The zero-order chi connectivity index (χ0) is 19.0. The van der Waals surface area contributed by atoms with Gasteiger partial charge in [-0.25, -0.2) is 0 Å². The van der Waals surface area contributed by atoms with E-state index in [1.807, 2.05) is 72.2 Å². The van der Waals surface area contributed by atoms with Gasteiger partial charge in [-0.15, -0.1) is 0 Å². The van der Waals surface area contributed by atoms with Crippen LogP contribution in [0.5, 0.6) is 0 Å². The molecule has 0 radical (unpaired) electrons. The molecule has 1 aliphatic heterocycles. The van der Waals surface area contributed by atoms with Crippen LogP contribution in [0.2, 0.25) is 0 Å². The molecule has 1 aliphatic rings. The summed E-state index contributed by atoms with van der Waals surface area (Å²) in [4.78, 5) is 25.6. The molecule has 1 atom stereocenters. The number of carbonyl (C=O) groups is 2. The van der Waals surface area contributed by atoms with Crippen LogP contribution in [0.1, 0.15) is 45.2 Å². The molecule has 0 bridgehead atoms. The van der Waals surface area contributed by atoms with Gasteiger partial charge >= 0.3 is 0 Å². The number of amides is 1. The maximum absolute atomic E-state index is 12.8. The maximum Gasteiger partial charge on any atom is 0.233 e. The lowest BCUT2D eigenvalue weighted by atomic mass is 10.0. The minimum absolute atomic E-state index is 0.00272. The molecule has 0 fully saturated rings. The van der Waals surface area contributed by atoms with Crippen molar-refractivity contribution in [1.29, 1.82) is 0 Å². The highest BCUT2D eigenvalue weighted by atomic mass is 16.2. The summed E-state index contributed by atoms with van der Waals surface area (Å²) in [5.74, 6) is -0.255. The summed E-state index contributed by atoms with van der Waals surface area (Å²) in [5.41, 5.74) is 5.40. The highest BCUT2D eigenvalue weighted by molar-refractivity contribution is 6.08. The van der Waals surface area contributed by atoms with E-state index in [1.54, 1.807) is 0 Å². The highest BCUT2D eigenvalue weighted by Gasteiger charge is 2.32. The fraction of sp³-hybridized carbons (Fsp3) is 0.217. The van der Waals surface area contributed by atoms with Gasteiger partial charge in [-0.3, -0.25) is 9.59 Å². The van der Waals surface area contributed by atoms with Crippen molar-refractivity contribution in [3.05, 3.63) is 88.7 Å². The number of anilines is 1. The van der Waals surface area contributed by atoms with Gasteiger partial charge in [-0.05, 0) is 55.7 Å². The Balaban J connectivity index is 1.55. The molecule has 0 unspecified atom stereocenters. The molecule has 0 saturated heterocycles. The number of fused-ring (bicyclic) bond motifs is 1. The molecule has 0 spiro atoms. The van der Waals surface area contributed by atoms with Crippen molar-refractivity contribution < 1.29 is 9.59 Å². The number of hydrogen-bond donors (Lipinski definition) is 1. The first-order chi connectivity index (χ1) is 13.0. The lowest BCUT2D eigenvalue weighted by Crippen LogP contribution is -2.19. The van der Waals surface area contributed by atoms with Gasteiger partial charge in [0.05, 0.1) is 11.6 Å². The van der Waals surface area contributed by atoms with Crippen molar-refractivity contribution in [2.75, 3.05) is 5.32 Å². The number of hydrogen-bond acceptors (Lipinski definition) is 2. The minimum atomic E-state index is -0.232. The largest absolute Gasteiger partial charge is 0.341 e. The second kappa shape index (κ2) is 6.88. The summed E-state index contributed by atoms with van der Waals surface area (Å²) in [6, 6.07) is 18.9. The van der Waals surface area contributed by atoms with Crippen molar-refractivity contribution in [2.24, 2.45) is 0 Å². The average Bonchev–Trinajstić information content (AvgIpc) is 3.27. The number of ketones is 1. The molecule has 2 aromatic carbocycles. The molecule has 0 saturated carbocycles. The molecule has 4 rings (SSSR count). The lowest BCUT2D eigenvalue weighted by molar-refractivity contribution is -0.117. The van der Waals surface area contributed by atoms with Crippen molar-refractivity contribution in [3.8, 4) is 0 Å². The Morgan fingerprint density at radius 1 is 0.963 bits per heavy atom. The molecule has 3 aromatic rings. The first kappa shape index (κ1) is 17.3. The van der Waals surface area contributed by atoms with Gasteiger partial charge in [-0.2, -0.15) is 0 Å². The molecule has 136 valence electrons. The predicted octanol–water partition coefficient (Wildman–Crippen LogP) is 4.46. The second-order valence-electron chi connectivity index (χ2n) is 7.12. The molecule has 2 heterocycles. The van der Waals surface area contributed by atoms with Gasteiger partial charge in [0.1, 0.15) is 0 Å². The Labute approximate surface area is 158 Å². The zero-order valence-corrected chi connectivity index (χ0v) is 15.5. The van der Waals surface area contributed by atoms with Crippen LogP contribution >= 0.6 is 0 Å². The molecule has 1 N–H and O–H groups in total. The zero-order valence-electron chi connectivity index (χ0n) is 15.5. The van der Waals surface area contributed by atoms with E-state index in [1.165, 1.54) is 5.56 Å². The molecule has 27 heavy (non-hydrogen) atoms. The maximum atomic E-state index is 12.8. The third-order valence-corrected chi connectivity index (χ3v) is 5.37. The molecule has 4 heteroatoms. The molecule has 0 aliphatic carbocycles. The van der Waals surface area contributed by atoms with E-state index < -0.39 is 0 Å². The third kappa shape index (κ3) is 3.19. The first-order valence-corrected chi connectivity index (χ1v) is 9.22. The summed E-state index contributed by atoms with van der Waals surface area (Å²) in [6.07, 6.45) is 0.710. The van der Waals surface area contributed by atoms with Crippen molar-refractivity contribution in [3.63, 3.8) is 0 Å². The van der Waals surface area contributed by atoms with E-state index in [0.29, 0.717) is 24.2 Å². The smallest absolute Gasteiger partial charge is 0.233 e. The van der Waals surface area contributed by atoms with Crippen LogP contribution in [0.15, 0.2) is 60.7 Å². The standard InChI is InChI=1S/C23H22N2O2/c1-15-8-9-18(14-16(15)2)24-23(27)19-12-13-25-20(19)10-11-21(25)22(26)17-6-4-3-5-7-17/h3-11,14,19H,12-13H2,1-2H3,(H,24,27)/t19-/m1/s1. The number of carbonyl (C=O) groups excluding carboxylic acids is 2. The Morgan fingerprint density at radius 3 is 2.48 bits per heavy atom. The van der Waals surface area contributed by atoms with Crippen molar-refractivity contribution in [1.82, 2.24) is 4.57 Å². The van der Waals surface area contributed by atoms with E-state index in [9.17, 15) is 9.59 Å². The van der Waals surface area contributed by atoms with Gasteiger partial charge in [0, 0.05) is 23.5 Å². The Hall–Kier alpha value is -3.14. The summed E-state index contributed by atoms with van der Waals surface area (Å²) in [6.45, 7) is 4.77. The predicted molar refractivity (Wildman–Crippen MR) is 106 cm³/mol. The van der Waals surface area contributed by atoms with Crippen LogP contribution in [0.25, 0.3) is 0 Å². The van der Waals surface area contributed by atoms with E-state index in [2.05, 4.69) is 12.2 Å². The average molecular weight is 358 g/mol. The third-order valence-electron chi connectivity index (χ3n) is 5.37. The van der Waals surface area contributed by atoms with Crippen molar-refractivity contribution in [2.45, 2.75) is 32.7 Å². The molecule has 4 nitrogen and oxygen atoms in total. The van der Waals surface area contributed by atoms with Gasteiger partial charge in [0.15, 0.2) is 0 Å². The summed E-state index contributed by atoms with van der Waals surface area (Å²) < 4.78 is 1.99. The van der Waals surface area contributed by atoms with Crippen molar-refractivity contribution >= 4 is 17.4 Å². The van der Waals surface area contributed by atoms with Gasteiger partial charge < -0.3 is 9.88 Å². The fourth-order valence-corrected chi connectivity index (χ4v) is 3.69. The number of aryl methyl sites for hydroxylation is 2. The van der Waals surface area contributed by atoms with Gasteiger partial charge in [0.25, 0.3) is 0 Å². The van der Waals surface area contributed by atoms with Crippen LogP contribution in [-0.2, 0) is 11.3 Å². The summed E-state index contributed by atoms with van der Waals surface area (Å²) >= 11 is 0. The van der Waals surface area contributed by atoms with Gasteiger partial charge in [-0.1, -0.05) is 36.4 Å². The normalized spacial score (nSPS) is 15.4. The fourth-order valence-electron chi connectivity index (χ4n) is 3.69. The number of nitrogens with zero attached hydrogens (tertiary/aromatic N) is 1. The lowest BCUT2D eigenvalue weighted by Gasteiger charge is -2.12. The molecule has 1 aromatic heterocycles. The quantitative estimate of drug-likeness (QED) is 0.700. The first-order valence-electron chi connectivity index (χ1n) is 9.22. The molecular formula is C23H22N2O2. The SMILES string of the molecule is Cc1ccc(NC(=O)[C@@H]2CCn3c(C(=O)c4ccccc4)ccc32)cc1C. The van der Waals surface area contributed by atoms with E-state index in [0.717, 1.165) is 16.9 Å². The second-order valence-corrected chi connectivity index (χ2v) is 7.12. The van der Waals surface area contributed by atoms with Crippen LogP contribution in [0.3, 0.4) is 0 Å². The Morgan fingerprint density at radius 2 is 1.74 bits per heavy atom. The number of aromatic nitrogens is 1. The summed E-state index contributed by atoms with van der Waals surface area (Å²) in [5, 5.41) is 3.03. The Bertz CT molecular complexity index is 1020. The summed E-state index contributed by atoms with van der Waals surface area (Å²) in [7, 11) is 0.